The van der Waals surface area contributed by atoms with Crippen molar-refractivity contribution in [3.8, 4) is 0 Å². The average Bonchev–Trinajstić information content (AvgIpc) is 2.92. The van der Waals surface area contributed by atoms with E-state index in [0.717, 1.165) is 23.9 Å². The van der Waals surface area contributed by atoms with Crippen LogP contribution in [0.15, 0.2) is 17.5 Å². The highest BCUT2D eigenvalue weighted by molar-refractivity contribution is 7.10. The summed E-state index contributed by atoms with van der Waals surface area (Å²) in [6, 6.07) is 3.90. The maximum atomic E-state index is 11.7. The fourth-order valence-corrected chi connectivity index (χ4v) is 3.18. The Morgan fingerprint density at radius 2 is 2.30 bits per heavy atom. The first-order valence-corrected chi connectivity index (χ1v) is 8.21. The molecular weight excluding hydrogens is 272 g/mol. The van der Waals surface area contributed by atoms with Crippen LogP contribution in [0.5, 0.6) is 0 Å². The van der Waals surface area contributed by atoms with E-state index in [1.165, 1.54) is 12.8 Å². The van der Waals surface area contributed by atoms with Crippen LogP contribution in [0.4, 0.5) is 0 Å². The standard InChI is InChI=1S/C15H24N2O2S/c1-12-4-6-17(7-5-12)11-13(18)10-16-15(19)9-14-3-2-8-20-14/h2-3,8,12-13,18H,4-7,9-11H2,1H3,(H,16,19). The molecule has 1 aromatic heterocycles. The van der Waals surface area contributed by atoms with Gasteiger partial charge in [-0.15, -0.1) is 11.3 Å². The van der Waals surface area contributed by atoms with Gasteiger partial charge in [-0.3, -0.25) is 4.79 Å². The van der Waals surface area contributed by atoms with E-state index in [0.29, 0.717) is 19.5 Å². The zero-order valence-electron chi connectivity index (χ0n) is 12.0. The van der Waals surface area contributed by atoms with Crippen molar-refractivity contribution in [1.29, 1.82) is 0 Å². The highest BCUT2D eigenvalue weighted by Crippen LogP contribution is 2.15. The Bertz CT molecular complexity index is 400. The van der Waals surface area contributed by atoms with Crippen LogP contribution in [0.1, 0.15) is 24.6 Å². The summed E-state index contributed by atoms with van der Waals surface area (Å²) in [4.78, 5) is 15.1. The van der Waals surface area contributed by atoms with Crippen LogP contribution in [0.25, 0.3) is 0 Å². The number of hydrogen-bond acceptors (Lipinski definition) is 4. The third-order valence-electron chi connectivity index (χ3n) is 3.79. The molecule has 1 fully saturated rings. The number of aliphatic hydroxyl groups excluding tert-OH is 1. The van der Waals surface area contributed by atoms with Gasteiger partial charge in [-0.05, 0) is 43.3 Å². The molecule has 0 spiro atoms. The lowest BCUT2D eigenvalue weighted by atomic mass is 9.99. The van der Waals surface area contributed by atoms with Crippen LogP contribution in [-0.2, 0) is 11.2 Å². The molecule has 1 aliphatic heterocycles. The van der Waals surface area contributed by atoms with Crippen molar-refractivity contribution in [2.75, 3.05) is 26.2 Å². The molecular formula is C15H24N2O2S. The molecule has 0 radical (unpaired) electrons. The molecule has 20 heavy (non-hydrogen) atoms. The van der Waals surface area contributed by atoms with E-state index in [1.807, 2.05) is 17.5 Å². The van der Waals surface area contributed by atoms with E-state index < -0.39 is 6.10 Å². The number of hydrogen-bond donors (Lipinski definition) is 2. The zero-order valence-corrected chi connectivity index (χ0v) is 12.9. The highest BCUT2D eigenvalue weighted by atomic mass is 32.1. The SMILES string of the molecule is CC1CCN(CC(O)CNC(=O)Cc2cccs2)CC1. The molecule has 1 aliphatic rings. The first kappa shape index (κ1) is 15.5. The third-order valence-corrected chi connectivity index (χ3v) is 4.67. The van der Waals surface area contributed by atoms with E-state index in [4.69, 9.17) is 0 Å². The Kier molecular flexibility index (Phi) is 6.01. The normalized spacial score (nSPS) is 18.9. The minimum Gasteiger partial charge on any atom is -0.390 e. The third kappa shape index (κ3) is 5.23. The predicted molar refractivity (Wildman–Crippen MR) is 81.9 cm³/mol. The maximum absolute atomic E-state index is 11.7. The van der Waals surface area contributed by atoms with Crippen LogP contribution in [0, 0.1) is 5.92 Å². The molecule has 4 nitrogen and oxygen atoms in total. The highest BCUT2D eigenvalue weighted by Gasteiger charge is 2.18. The molecule has 2 rings (SSSR count). The quantitative estimate of drug-likeness (QED) is 0.836. The van der Waals surface area contributed by atoms with E-state index in [1.54, 1.807) is 11.3 Å². The van der Waals surface area contributed by atoms with Crippen LogP contribution >= 0.6 is 11.3 Å². The number of rotatable bonds is 6. The number of nitrogens with one attached hydrogen (secondary N) is 1. The number of nitrogens with zero attached hydrogens (tertiary/aromatic N) is 1. The Morgan fingerprint density at radius 1 is 1.55 bits per heavy atom. The number of likely N-dealkylation sites (tertiary alicyclic amines) is 1. The van der Waals surface area contributed by atoms with Gasteiger partial charge < -0.3 is 15.3 Å². The van der Waals surface area contributed by atoms with Crippen molar-refractivity contribution in [3.05, 3.63) is 22.4 Å². The summed E-state index contributed by atoms with van der Waals surface area (Å²) in [5.74, 6) is 0.785. The summed E-state index contributed by atoms with van der Waals surface area (Å²) in [6.45, 7) is 5.39. The van der Waals surface area contributed by atoms with Crippen molar-refractivity contribution in [2.45, 2.75) is 32.3 Å². The number of thiophene rings is 1. The van der Waals surface area contributed by atoms with Gasteiger partial charge in [0.2, 0.25) is 5.91 Å². The van der Waals surface area contributed by atoms with Crippen LogP contribution in [0.2, 0.25) is 0 Å². The van der Waals surface area contributed by atoms with Gasteiger partial charge in [0.15, 0.2) is 0 Å². The van der Waals surface area contributed by atoms with Gasteiger partial charge in [0.05, 0.1) is 12.5 Å². The number of β-amino-alcohol motifs (C(OH)–C–C–N with tert-alkyl or cyclic N) is 1. The maximum Gasteiger partial charge on any atom is 0.225 e. The molecule has 0 aliphatic carbocycles. The van der Waals surface area contributed by atoms with Crippen LogP contribution in [-0.4, -0.2) is 48.2 Å². The van der Waals surface area contributed by atoms with Gasteiger partial charge in [-0.1, -0.05) is 13.0 Å². The predicted octanol–water partition coefficient (Wildman–Crippen LogP) is 1.50. The molecule has 2 heterocycles. The Hall–Kier alpha value is -0.910. The summed E-state index contributed by atoms with van der Waals surface area (Å²) >= 11 is 1.58. The molecule has 0 bridgehead atoms. The molecule has 2 N–H and O–H groups in total. The van der Waals surface area contributed by atoms with E-state index in [2.05, 4.69) is 17.1 Å². The summed E-state index contributed by atoms with van der Waals surface area (Å²) in [7, 11) is 0. The van der Waals surface area contributed by atoms with Gasteiger partial charge >= 0.3 is 0 Å². The fraction of sp³-hybridized carbons (Fsp3) is 0.667. The zero-order chi connectivity index (χ0) is 14.4. The van der Waals surface area contributed by atoms with Crippen molar-refractivity contribution in [2.24, 2.45) is 5.92 Å². The van der Waals surface area contributed by atoms with Gasteiger partial charge in [-0.25, -0.2) is 0 Å². The van der Waals surface area contributed by atoms with Gasteiger partial charge in [0, 0.05) is 18.0 Å². The Labute approximate surface area is 124 Å². The molecule has 0 aromatic carbocycles. The molecule has 1 saturated heterocycles. The number of carbonyl (C=O) groups is 1. The molecule has 5 heteroatoms. The number of amides is 1. The second kappa shape index (κ2) is 7.76. The lowest BCUT2D eigenvalue weighted by Gasteiger charge is -2.31. The fourth-order valence-electron chi connectivity index (χ4n) is 2.47. The van der Waals surface area contributed by atoms with E-state index in [9.17, 15) is 9.90 Å². The van der Waals surface area contributed by atoms with Crippen molar-refractivity contribution >= 4 is 17.2 Å². The van der Waals surface area contributed by atoms with Crippen molar-refractivity contribution in [1.82, 2.24) is 10.2 Å². The summed E-state index contributed by atoms with van der Waals surface area (Å²) in [5.41, 5.74) is 0. The molecule has 1 unspecified atom stereocenters. The van der Waals surface area contributed by atoms with E-state index >= 15 is 0 Å². The molecule has 1 aromatic rings. The van der Waals surface area contributed by atoms with E-state index in [-0.39, 0.29) is 5.91 Å². The second-order valence-corrected chi connectivity index (χ2v) is 6.73. The van der Waals surface area contributed by atoms with Crippen LogP contribution < -0.4 is 5.32 Å². The summed E-state index contributed by atoms with van der Waals surface area (Å²) in [5, 5.41) is 14.8. The molecule has 1 amide bonds. The first-order valence-electron chi connectivity index (χ1n) is 7.33. The Morgan fingerprint density at radius 3 is 2.95 bits per heavy atom. The smallest absolute Gasteiger partial charge is 0.225 e. The van der Waals surface area contributed by atoms with Crippen molar-refractivity contribution in [3.63, 3.8) is 0 Å². The minimum atomic E-state index is -0.476. The number of piperidine rings is 1. The Balaban J connectivity index is 1.62. The molecule has 1 atom stereocenters. The molecule has 0 saturated carbocycles. The monoisotopic (exact) mass is 296 g/mol. The lowest BCUT2D eigenvalue weighted by molar-refractivity contribution is -0.120. The number of carbonyl (C=O) groups excluding carboxylic acids is 1. The first-order chi connectivity index (χ1) is 9.63. The van der Waals surface area contributed by atoms with Gasteiger partial charge in [0.1, 0.15) is 0 Å². The summed E-state index contributed by atoms with van der Waals surface area (Å²) in [6.07, 6.45) is 2.34. The lowest BCUT2D eigenvalue weighted by Crippen LogP contribution is -2.43. The van der Waals surface area contributed by atoms with Gasteiger partial charge in [-0.2, -0.15) is 0 Å². The van der Waals surface area contributed by atoms with Crippen LogP contribution in [0.3, 0.4) is 0 Å². The van der Waals surface area contributed by atoms with Gasteiger partial charge in [0.25, 0.3) is 0 Å². The topological polar surface area (TPSA) is 52.6 Å². The second-order valence-electron chi connectivity index (χ2n) is 5.70. The average molecular weight is 296 g/mol. The minimum absolute atomic E-state index is 0.0150. The van der Waals surface area contributed by atoms with Crippen molar-refractivity contribution < 1.29 is 9.90 Å². The molecule has 112 valence electrons. The number of aliphatic hydroxyl groups is 1. The summed E-state index contributed by atoms with van der Waals surface area (Å²) < 4.78 is 0. The largest absolute Gasteiger partial charge is 0.390 e.